The van der Waals surface area contributed by atoms with E-state index >= 15 is 0 Å². The van der Waals surface area contributed by atoms with E-state index in [1.54, 1.807) is 18.2 Å². The van der Waals surface area contributed by atoms with Crippen molar-refractivity contribution in [2.24, 2.45) is 5.73 Å². The Bertz CT molecular complexity index is 546. The van der Waals surface area contributed by atoms with Gasteiger partial charge in [-0.25, -0.2) is 4.79 Å². The van der Waals surface area contributed by atoms with Crippen LogP contribution in [-0.4, -0.2) is 36.4 Å². The second-order valence-corrected chi connectivity index (χ2v) is 5.46. The number of benzene rings is 1. The number of methoxy groups -OCH3 is 1. The third-order valence-corrected chi connectivity index (χ3v) is 3.55. The molecule has 0 aliphatic heterocycles. The first-order valence-corrected chi connectivity index (χ1v) is 7.44. The highest BCUT2D eigenvalue weighted by Crippen LogP contribution is 2.19. The third kappa shape index (κ3) is 5.86. The average Bonchev–Trinajstić information content (AvgIpc) is 2.44. The van der Waals surface area contributed by atoms with Crippen LogP contribution >= 0.6 is 11.8 Å². The summed E-state index contributed by atoms with van der Waals surface area (Å²) in [5, 5.41) is 2.67. The molecule has 0 fully saturated rings. The predicted octanol–water partition coefficient (Wildman–Crippen LogP) is 1.33. The van der Waals surface area contributed by atoms with Gasteiger partial charge in [0.25, 0.3) is 0 Å². The van der Waals surface area contributed by atoms with Crippen molar-refractivity contribution in [3.8, 4) is 0 Å². The van der Waals surface area contributed by atoms with E-state index in [9.17, 15) is 14.4 Å². The second-order valence-electron chi connectivity index (χ2n) is 4.36. The summed E-state index contributed by atoms with van der Waals surface area (Å²) >= 11 is 1.29. The molecule has 1 aromatic carbocycles. The minimum Gasteiger partial charge on any atom is -0.465 e. The Labute approximate surface area is 127 Å². The average molecular weight is 310 g/mol. The molecule has 0 saturated heterocycles. The molecule has 6 nitrogen and oxygen atoms in total. The van der Waals surface area contributed by atoms with E-state index in [0.717, 1.165) is 5.56 Å². The minimum absolute atomic E-state index is 0.186. The first kappa shape index (κ1) is 17.0. The summed E-state index contributed by atoms with van der Waals surface area (Å²) in [4.78, 5) is 34.1. The summed E-state index contributed by atoms with van der Waals surface area (Å²) in [5.41, 5.74) is 6.63. The minimum atomic E-state index is -0.503. The summed E-state index contributed by atoms with van der Waals surface area (Å²) in [6.45, 7) is 1.85. The monoisotopic (exact) mass is 310 g/mol. The molecule has 114 valence electrons. The van der Waals surface area contributed by atoms with Crippen LogP contribution in [0.2, 0.25) is 0 Å². The zero-order chi connectivity index (χ0) is 15.8. The van der Waals surface area contributed by atoms with Gasteiger partial charge in [0.15, 0.2) is 0 Å². The number of anilines is 1. The lowest BCUT2D eigenvalue weighted by atomic mass is 10.1. The molecule has 21 heavy (non-hydrogen) atoms. The number of hydrogen-bond donors (Lipinski definition) is 2. The number of thioether (sulfide) groups is 1. The molecule has 0 heterocycles. The van der Waals surface area contributed by atoms with Crippen LogP contribution in [-0.2, 0) is 14.3 Å². The van der Waals surface area contributed by atoms with Gasteiger partial charge in [-0.1, -0.05) is 11.6 Å². The molecule has 1 rings (SSSR count). The summed E-state index contributed by atoms with van der Waals surface area (Å²) < 4.78 is 4.69. The molecular weight excluding hydrogens is 292 g/mol. The van der Waals surface area contributed by atoms with Gasteiger partial charge in [-0.3, -0.25) is 9.59 Å². The molecule has 0 aliphatic rings. The van der Waals surface area contributed by atoms with Crippen molar-refractivity contribution in [3.63, 3.8) is 0 Å². The largest absolute Gasteiger partial charge is 0.465 e. The zero-order valence-corrected chi connectivity index (χ0v) is 12.8. The molecule has 0 aliphatic carbocycles. The lowest BCUT2D eigenvalue weighted by molar-refractivity contribution is -0.116. The number of esters is 1. The van der Waals surface area contributed by atoms with Crippen molar-refractivity contribution < 1.29 is 19.1 Å². The van der Waals surface area contributed by atoms with Gasteiger partial charge in [-0.2, -0.15) is 11.8 Å². The van der Waals surface area contributed by atoms with Crippen LogP contribution in [0.5, 0.6) is 0 Å². The topological polar surface area (TPSA) is 98.5 Å². The summed E-state index contributed by atoms with van der Waals surface area (Å²) in [6.07, 6.45) is 0.229. The SMILES string of the molecule is COC(=O)c1cc(C)ccc1NC(=O)CCSCC(N)=O. The van der Waals surface area contributed by atoms with Crippen molar-refractivity contribution in [1.82, 2.24) is 0 Å². The summed E-state index contributed by atoms with van der Waals surface area (Å²) in [6, 6.07) is 5.11. The van der Waals surface area contributed by atoms with Crippen LogP contribution in [0.1, 0.15) is 22.3 Å². The van der Waals surface area contributed by atoms with Crippen LogP contribution in [0.4, 0.5) is 5.69 Å². The van der Waals surface area contributed by atoms with E-state index in [4.69, 9.17) is 10.5 Å². The number of aryl methyl sites for hydroxylation is 1. The van der Waals surface area contributed by atoms with E-state index in [1.807, 2.05) is 6.92 Å². The predicted molar refractivity (Wildman–Crippen MR) is 82.3 cm³/mol. The normalized spacial score (nSPS) is 10.0. The van der Waals surface area contributed by atoms with Gasteiger partial charge in [0.05, 0.1) is 24.1 Å². The fourth-order valence-electron chi connectivity index (χ4n) is 1.60. The van der Waals surface area contributed by atoms with Crippen LogP contribution < -0.4 is 11.1 Å². The number of nitrogens with two attached hydrogens (primary N) is 1. The standard InChI is InChI=1S/C14H18N2O4S/c1-9-3-4-11(10(7-9)14(19)20-2)16-13(18)5-6-21-8-12(15)17/h3-4,7H,5-6,8H2,1-2H3,(H2,15,17)(H,16,18). The van der Waals surface area contributed by atoms with Crippen molar-refractivity contribution in [2.45, 2.75) is 13.3 Å². The van der Waals surface area contributed by atoms with E-state index < -0.39 is 11.9 Å². The Morgan fingerprint density at radius 1 is 1.33 bits per heavy atom. The number of rotatable bonds is 7. The number of hydrogen-bond acceptors (Lipinski definition) is 5. The Kier molecular flexibility index (Phi) is 6.74. The molecule has 0 atom stereocenters. The fraction of sp³-hybridized carbons (Fsp3) is 0.357. The molecule has 3 N–H and O–H groups in total. The number of amides is 2. The van der Waals surface area contributed by atoms with Gasteiger partial charge < -0.3 is 15.8 Å². The molecule has 0 aromatic heterocycles. The summed E-state index contributed by atoms with van der Waals surface area (Å²) in [7, 11) is 1.29. The van der Waals surface area contributed by atoms with Gasteiger partial charge in [-0.15, -0.1) is 0 Å². The number of carbonyl (C=O) groups is 3. The number of nitrogens with one attached hydrogen (secondary N) is 1. The Hall–Kier alpha value is -2.02. The molecule has 0 bridgehead atoms. The Morgan fingerprint density at radius 3 is 2.67 bits per heavy atom. The van der Waals surface area contributed by atoms with Gasteiger partial charge in [0.1, 0.15) is 0 Å². The highest BCUT2D eigenvalue weighted by atomic mass is 32.2. The maximum Gasteiger partial charge on any atom is 0.339 e. The fourth-order valence-corrected chi connectivity index (χ4v) is 2.27. The van der Waals surface area contributed by atoms with Gasteiger partial charge in [0.2, 0.25) is 11.8 Å². The van der Waals surface area contributed by atoms with Gasteiger partial charge in [-0.05, 0) is 19.1 Å². The molecule has 2 amide bonds. The maximum atomic E-state index is 11.8. The van der Waals surface area contributed by atoms with Crippen LogP contribution in [0.25, 0.3) is 0 Å². The van der Waals surface area contributed by atoms with E-state index in [0.29, 0.717) is 17.0 Å². The zero-order valence-electron chi connectivity index (χ0n) is 12.0. The van der Waals surface area contributed by atoms with Crippen molar-refractivity contribution in [3.05, 3.63) is 29.3 Å². The first-order chi connectivity index (χ1) is 9.93. The highest BCUT2D eigenvalue weighted by molar-refractivity contribution is 7.99. The molecule has 7 heteroatoms. The van der Waals surface area contributed by atoms with E-state index in [-0.39, 0.29) is 18.1 Å². The van der Waals surface area contributed by atoms with E-state index in [1.165, 1.54) is 18.9 Å². The maximum absolute atomic E-state index is 11.8. The van der Waals surface area contributed by atoms with Crippen LogP contribution in [0.15, 0.2) is 18.2 Å². The number of carbonyl (C=O) groups excluding carboxylic acids is 3. The van der Waals surface area contributed by atoms with Gasteiger partial charge >= 0.3 is 5.97 Å². The summed E-state index contributed by atoms with van der Waals surface area (Å²) in [5.74, 6) is -0.482. The Balaban J connectivity index is 2.63. The van der Waals surface area contributed by atoms with E-state index in [2.05, 4.69) is 5.32 Å². The van der Waals surface area contributed by atoms with Crippen LogP contribution in [0, 0.1) is 6.92 Å². The molecule has 0 radical (unpaired) electrons. The molecule has 0 saturated carbocycles. The second kappa shape index (κ2) is 8.31. The molecule has 0 spiro atoms. The van der Waals surface area contributed by atoms with Crippen molar-refractivity contribution >= 4 is 35.2 Å². The molecule has 0 unspecified atom stereocenters. The third-order valence-electron chi connectivity index (χ3n) is 2.57. The lowest BCUT2D eigenvalue weighted by Gasteiger charge is -2.10. The lowest BCUT2D eigenvalue weighted by Crippen LogP contribution is -2.17. The van der Waals surface area contributed by atoms with Gasteiger partial charge in [0, 0.05) is 12.2 Å². The smallest absolute Gasteiger partial charge is 0.339 e. The van der Waals surface area contributed by atoms with Crippen LogP contribution in [0.3, 0.4) is 0 Å². The van der Waals surface area contributed by atoms with Crippen molar-refractivity contribution in [2.75, 3.05) is 23.9 Å². The Morgan fingerprint density at radius 2 is 2.05 bits per heavy atom. The number of primary amides is 1. The molecular formula is C14H18N2O4S. The highest BCUT2D eigenvalue weighted by Gasteiger charge is 2.14. The van der Waals surface area contributed by atoms with Crippen molar-refractivity contribution in [1.29, 1.82) is 0 Å². The quantitative estimate of drug-likeness (QED) is 0.585. The molecule has 1 aromatic rings. The number of ether oxygens (including phenoxy) is 1. The first-order valence-electron chi connectivity index (χ1n) is 6.29.